The molecule has 1 aliphatic heterocycles. The van der Waals surface area contributed by atoms with Gasteiger partial charge in [-0.25, -0.2) is 0 Å². The third-order valence-corrected chi connectivity index (χ3v) is 18.8. The first-order valence-electron chi connectivity index (χ1n) is 39.1. The maximum Gasteiger partial charge on any atom is 0.305 e. The van der Waals surface area contributed by atoms with Gasteiger partial charge in [-0.15, -0.1) is 0 Å². The van der Waals surface area contributed by atoms with Gasteiger partial charge in [0.1, 0.15) is 24.4 Å². The van der Waals surface area contributed by atoms with Crippen molar-refractivity contribution in [2.75, 3.05) is 19.8 Å². The summed E-state index contributed by atoms with van der Waals surface area (Å²) < 4.78 is 16.8. The molecule has 1 saturated heterocycles. The second-order valence-corrected chi connectivity index (χ2v) is 27.4. The van der Waals surface area contributed by atoms with Crippen LogP contribution in [0.5, 0.6) is 0 Å². The van der Waals surface area contributed by atoms with Crippen molar-refractivity contribution in [3.05, 3.63) is 24.3 Å². The van der Waals surface area contributed by atoms with Crippen molar-refractivity contribution in [2.24, 2.45) is 0 Å². The van der Waals surface area contributed by atoms with E-state index in [0.717, 1.165) is 51.4 Å². The largest absolute Gasteiger partial charge is 0.466 e. The van der Waals surface area contributed by atoms with Crippen LogP contribution >= 0.6 is 0 Å². The maximum absolute atomic E-state index is 13.0. The van der Waals surface area contributed by atoms with Gasteiger partial charge in [0.25, 0.3) is 0 Å². The molecule has 0 aliphatic carbocycles. The SMILES string of the molecule is CCCCCCCCC/C=C/C(O)C(COC1OC(CO)C(O)C(O)C1O)NC(=O)CCCCCCCCCCCCCCCCCCC/C=C\CCCCCCCCCCCCCCOC(=O)CCCCCCCCCCCCCCCCCCCCC. The van der Waals surface area contributed by atoms with Crippen molar-refractivity contribution in [3.63, 3.8) is 0 Å². The number of allylic oxidation sites excluding steroid dienone is 3. The zero-order chi connectivity index (χ0) is 64.4. The van der Waals surface area contributed by atoms with E-state index in [1.54, 1.807) is 6.08 Å². The van der Waals surface area contributed by atoms with E-state index in [1.807, 2.05) is 6.08 Å². The molecule has 0 spiro atoms. The second-order valence-electron chi connectivity index (χ2n) is 27.4. The molecule has 0 aromatic heterocycles. The zero-order valence-electron chi connectivity index (χ0n) is 58.7. The maximum atomic E-state index is 13.0. The lowest BCUT2D eigenvalue weighted by Crippen LogP contribution is -2.60. The van der Waals surface area contributed by atoms with E-state index in [4.69, 9.17) is 14.2 Å². The minimum Gasteiger partial charge on any atom is -0.466 e. The van der Waals surface area contributed by atoms with Crippen molar-refractivity contribution in [3.8, 4) is 0 Å². The molecule has 1 heterocycles. The fourth-order valence-corrected chi connectivity index (χ4v) is 12.7. The van der Waals surface area contributed by atoms with Crippen molar-refractivity contribution in [1.82, 2.24) is 5.32 Å². The highest BCUT2D eigenvalue weighted by Crippen LogP contribution is 2.24. The normalized spacial score (nSPS) is 17.8. The Kier molecular flexibility index (Phi) is 64.6. The highest BCUT2D eigenvalue weighted by atomic mass is 16.7. The number of unbranched alkanes of at least 4 members (excludes halogenated alkanes) is 54. The van der Waals surface area contributed by atoms with Crippen molar-refractivity contribution >= 4 is 11.9 Å². The summed E-state index contributed by atoms with van der Waals surface area (Å²) in [5.74, 6) is -0.162. The molecule has 1 fully saturated rings. The molecule has 11 heteroatoms. The number of aliphatic hydroxyl groups excluding tert-OH is 5. The molecule has 1 aliphatic rings. The van der Waals surface area contributed by atoms with Gasteiger partial charge in [0, 0.05) is 12.8 Å². The molecule has 7 unspecified atom stereocenters. The third kappa shape index (κ3) is 56.2. The van der Waals surface area contributed by atoms with Gasteiger partial charge < -0.3 is 45.1 Å². The number of aliphatic hydroxyl groups is 5. The lowest BCUT2D eigenvalue weighted by atomic mass is 9.99. The van der Waals surface area contributed by atoms with Gasteiger partial charge in [-0.1, -0.05) is 353 Å². The van der Waals surface area contributed by atoms with Gasteiger partial charge >= 0.3 is 5.97 Å². The molecule has 0 aromatic carbocycles. The van der Waals surface area contributed by atoms with Gasteiger partial charge in [-0.2, -0.15) is 0 Å². The quantitative estimate of drug-likeness (QED) is 0.0195. The van der Waals surface area contributed by atoms with Gasteiger partial charge in [-0.3, -0.25) is 9.59 Å². The summed E-state index contributed by atoms with van der Waals surface area (Å²) in [7, 11) is 0. The van der Waals surface area contributed by atoms with Crippen molar-refractivity contribution in [2.45, 2.75) is 442 Å². The monoisotopic (exact) mass is 1260 g/mol. The Morgan fingerprint density at radius 2 is 0.719 bits per heavy atom. The van der Waals surface area contributed by atoms with Crippen molar-refractivity contribution < 1.29 is 49.3 Å². The van der Waals surface area contributed by atoms with Crippen LogP contribution in [0.1, 0.15) is 399 Å². The third-order valence-electron chi connectivity index (χ3n) is 18.8. The van der Waals surface area contributed by atoms with Crippen LogP contribution in [-0.2, 0) is 23.8 Å². The first-order chi connectivity index (χ1) is 43.7. The number of hydrogen-bond donors (Lipinski definition) is 6. The van der Waals surface area contributed by atoms with Gasteiger partial charge in [-0.05, 0) is 57.8 Å². The smallest absolute Gasteiger partial charge is 0.305 e. The van der Waals surface area contributed by atoms with Gasteiger partial charge in [0.15, 0.2) is 6.29 Å². The predicted molar refractivity (Wildman–Crippen MR) is 375 cm³/mol. The predicted octanol–water partition coefficient (Wildman–Crippen LogP) is 20.8. The molecule has 6 N–H and O–H groups in total. The van der Waals surface area contributed by atoms with Crippen molar-refractivity contribution in [1.29, 1.82) is 0 Å². The molecule has 1 rings (SSSR count). The molecule has 11 nitrogen and oxygen atoms in total. The summed E-state index contributed by atoms with van der Waals surface area (Å²) in [5.41, 5.74) is 0. The van der Waals surface area contributed by atoms with Gasteiger partial charge in [0.2, 0.25) is 5.91 Å². The Morgan fingerprint density at radius 1 is 0.404 bits per heavy atom. The summed E-state index contributed by atoms with van der Waals surface area (Å²) in [5, 5.41) is 54.3. The van der Waals surface area contributed by atoms with Crippen LogP contribution in [0.15, 0.2) is 24.3 Å². The van der Waals surface area contributed by atoms with Crippen LogP contribution in [0.2, 0.25) is 0 Å². The number of nitrogens with one attached hydrogen (secondary N) is 1. The Balaban J connectivity index is 1.86. The number of amides is 1. The number of carbonyl (C=O) groups is 2. The molecule has 89 heavy (non-hydrogen) atoms. The van der Waals surface area contributed by atoms with E-state index in [-0.39, 0.29) is 18.5 Å². The van der Waals surface area contributed by atoms with E-state index in [0.29, 0.717) is 19.4 Å². The minimum atomic E-state index is -1.57. The summed E-state index contributed by atoms with van der Waals surface area (Å²) >= 11 is 0. The fourth-order valence-electron chi connectivity index (χ4n) is 12.7. The van der Waals surface area contributed by atoms with Gasteiger partial charge in [0.05, 0.1) is 32.0 Å². The highest BCUT2D eigenvalue weighted by Gasteiger charge is 2.44. The van der Waals surface area contributed by atoms with Crippen LogP contribution in [-0.4, -0.2) is 100 Å². The first kappa shape index (κ1) is 85.2. The molecule has 0 saturated carbocycles. The summed E-state index contributed by atoms with van der Waals surface area (Å²) in [4.78, 5) is 25.2. The topological polar surface area (TPSA) is 175 Å². The molecule has 526 valence electrons. The molecule has 0 radical (unpaired) electrons. The van der Waals surface area contributed by atoms with E-state index < -0.39 is 49.5 Å². The minimum absolute atomic E-state index is 0.0171. The first-order valence-corrected chi connectivity index (χ1v) is 39.1. The number of hydrogen-bond acceptors (Lipinski definition) is 10. The van der Waals surface area contributed by atoms with Crippen LogP contribution < -0.4 is 5.32 Å². The lowest BCUT2D eigenvalue weighted by Gasteiger charge is -2.40. The standard InChI is InChI=1S/C78H149NO10/c1-3-5-7-9-11-13-14-15-16-17-33-37-40-43-46-50-54-58-62-66-74(83)87-67-63-59-55-51-47-44-41-38-35-32-30-28-26-24-22-20-18-19-21-23-25-27-29-31-34-36-39-42-45-49-53-57-61-65-73(82)79-70(71(81)64-60-56-52-48-12-10-8-6-4-2)69-88-78-77(86)76(85)75(84)72(68-80)89-78/h22,24,60,64,70-72,75-78,80-81,84-86H,3-21,23,25-59,61-63,65-69H2,1-2H3,(H,79,82)/b24-22-,64-60+. The van der Waals surface area contributed by atoms with E-state index in [2.05, 4.69) is 31.3 Å². The molecule has 0 aromatic rings. The average Bonchev–Trinajstić information content (AvgIpc) is 2.40. The molecule has 0 bridgehead atoms. The van der Waals surface area contributed by atoms with E-state index in [9.17, 15) is 35.1 Å². The average molecular weight is 1260 g/mol. The Hall–Kier alpha value is -1.86. The number of ether oxygens (including phenoxy) is 3. The Morgan fingerprint density at radius 3 is 1.08 bits per heavy atom. The van der Waals surface area contributed by atoms with E-state index >= 15 is 0 Å². The van der Waals surface area contributed by atoms with E-state index in [1.165, 1.54) is 321 Å². The number of carbonyl (C=O) groups excluding carboxylic acids is 2. The molecular formula is C78H149NO10. The van der Waals surface area contributed by atoms with Crippen LogP contribution in [0.25, 0.3) is 0 Å². The highest BCUT2D eigenvalue weighted by molar-refractivity contribution is 5.76. The Bertz CT molecular complexity index is 1530. The molecular weight excluding hydrogens is 1110 g/mol. The number of esters is 1. The summed E-state index contributed by atoms with van der Waals surface area (Å²) in [6.45, 7) is 4.37. The molecule has 1 amide bonds. The molecule has 7 atom stereocenters. The summed E-state index contributed by atoms with van der Waals surface area (Å²) in [6.07, 6.45) is 76.5. The summed E-state index contributed by atoms with van der Waals surface area (Å²) in [6, 6.07) is -0.806. The Labute approximate surface area is 550 Å². The fraction of sp³-hybridized carbons (Fsp3) is 0.923. The lowest BCUT2D eigenvalue weighted by molar-refractivity contribution is -0.302. The second kappa shape index (κ2) is 67.6. The number of rotatable bonds is 70. The van der Waals surface area contributed by atoms with Crippen LogP contribution in [0.3, 0.4) is 0 Å². The zero-order valence-corrected chi connectivity index (χ0v) is 58.7. The van der Waals surface area contributed by atoms with Crippen LogP contribution in [0, 0.1) is 0 Å². The van der Waals surface area contributed by atoms with Crippen LogP contribution in [0.4, 0.5) is 0 Å².